The van der Waals surface area contributed by atoms with E-state index in [0.717, 1.165) is 12.8 Å². The fourth-order valence-corrected chi connectivity index (χ4v) is 2.87. The molecule has 0 aromatic carbocycles. The lowest BCUT2D eigenvalue weighted by molar-refractivity contribution is 0.00578. The van der Waals surface area contributed by atoms with Gasteiger partial charge in [-0.3, -0.25) is 0 Å². The largest absolute Gasteiger partial charge is 0.502 e. The van der Waals surface area contributed by atoms with Crippen molar-refractivity contribution in [3.8, 4) is 0 Å². The normalized spacial score (nSPS) is 26.5. The van der Waals surface area contributed by atoms with Crippen LogP contribution in [0.15, 0.2) is 6.07 Å². The van der Waals surface area contributed by atoms with Gasteiger partial charge in [0.25, 0.3) is 0 Å². The zero-order valence-corrected chi connectivity index (χ0v) is 14.0. The van der Waals surface area contributed by atoms with Gasteiger partial charge in [-0.15, -0.1) is 0 Å². The van der Waals surface area contributed by atoms with Crippen LogP contribution in [0.5, 0.6) is 0 Å². The molecule has 1 aromatic heterocycles. The average molecular weight is 325 g/mol. The monoisotopic (exact) mass is 325 g/mol. The SMILES string of the molecule is CC1(C)OB(c2c(F)cc(C3CCCOC3)nc2F)OC1(C)C. The number of hydrogen-bond acceptors (Lipinski definition) is 4. The Morgan fingerprint density at radius 3 is 2.35 bits per heavy atom. The highest BCUT2D eigenvalue weighted by Crippen LogP contribution is 2.37. The van der Waals surface area contributed by atoms with E-state index in [4.69, 9.17) is 14.0 Å². The molecule has 0 spiro atoms. The number of pyridine rings is 1. The lowest BCUT2D eigenvalue weighted by Gasteiger charge is -2.32. The van der Waals surface area contributed by atoms with E-state index in [2.05, 4.69) is 4.98 Å². The topological polar surface area (TPSA) is 40.6 Å². The molecule has 3 heterocycles. The van der Waals surface area contributed by atoms with Gasteiger partial charge in [0.2, 0.25) is 5.95 Å². The van der Waals surface area contributed by atoms with Crippen LogP contribution in [-0.4, -0.2) is 36.5 Å². The van der Waals surface area contributed by atoms with Crippen molar-refractivity contribution in [2.75, 3.05) is 13.2 Å². The van der Waals surface area contributed by atoms with E-state index in [0.29, 0.717) is 18.9 Å². The highest BCUT2D eigenvalue weighted by atomic mass is 19.1. The lowest BCUT2D eigenvalue weighted by Crippen LogP contribution is -2.41. The van der Waals surface area contributed by atoms with Gasteiger partial charge < -0.3 is 14.0 Å². The van der Waals surface area contributed by atoms with Crippen LogP contribution in [0, 0.1) is 11.8 Å². The molecule has 1 aromatic rings. The molecule has 0 radical (unpaired) electrons. The maximum atomic E-state index is 14.5. The second kappa shape index (κ2) is 5.79. The van der Waals surface area contributed by atoms with Crippen LogP contribution in [-0.2, 0) is 14.0 Å². The number of rotatable bonds is 2. The maximum absolute atomic E-state index is 14.5. The summed E-state index contributed by atoms with van der Waals surface area (Å²) < 4.78 is 45.8. The quantitative estimate of drug-likeness (QED) is 0.619. The van der Waals surface area contributed by atoms with Crippen molar-refractivity contribution in [2.45, 2.75) is 57.7 Å². The van der Waals surface area contributed by atoms with Gasteiger partial charge in [-0.05, 0) is 46.6 Å². The van der Waals surface area contributed by atoms with E-state index in [1.807, 2.05) is 27.7 Å². The van der Waals surface area contributed by atoms with Crippen molar-refractivity contribution >= 4 is 12.6 Å². The molecule has 2 fully saturated rings. The molecule has 0 saturated carbocycles. The van der Waals surface area contributed by atoms with Crippen molar-refractivity contribution in [3.05, 3.63) is 23.5 Å². The summed E-state index contributed by atoms with van der Waals surface area (Å²) in [6, 6.07) is 1.28. The molecule has 7 heteroatoms. The van der Waals surface area contributed by atoms with Crippen LogP contribution in [0.1, 0.15) is 52.1 Å². The van der Waals surface area contributed by atoms with E-state index < -0.39 is 30.1 Å². The number of nitrogens with zero attached hydrogens (tertiary/aromatic N) is 1. The highest BCUT2D eigenvalue weighted by Gasteiger charge is 2.53. The number of halogens is 2. The van der Waals surface area contributed by atoms with Crippen molar-refractivity contribution in [3.63, 3.8) is 0 Å². The molecule has 126 valence electrons. The van der Waals surface area contributed by atoms with Crippen LogP contribution in [0.25, 0.3) is 0 Å². The van der Waals surface area contributed by atoms with E-state index >= 15 is 0 Å². The Bertz CT molecular complexity index is 564. The summed E-state index contributed by atoms with van der Waals surface area (Å²) in [5.74, 6) is -1.62. The average Bonchev–Trinajstić information content (AvgIpc) is 2.67. The molecule has 23 heavy (non-hydrogen) atoms. The second-order valence-corrected chi connectivity index (χ2v) is 7.24. The first-order chi connectivity index (χ1) is 10.7. The van der Waals surface area contributed by atoms with Gasteiger partial charge in [0.05, 0.1) is 29.0 Å². The van der Waals surface area contributed by atoms with Gasteiger partial charge in [0.15, 0.2) is 0 Å². The van der Waals surface area contributed by atoms with Crippen LogP contribution < -0.4 is 5.46 Å². The summed E-state index contributed by atoms with van der Waals surface area (Å²) in [7, 11) is -1.09. The summed E-state index contributed by atoms with van der Waals surface area (Å²) in [5.41, 5.74) is -1.19. The van der Waals surface area contributed by atoms with Crippen molar-refractivity contribution in [1.29, 1.82) is 0 Å². The zero-order valence-electron chi connectivity index (χ0n) is 14.0. The smallest absolute Gasteiger partial charge is 0.399 e. The Hall–Kier alpha value is -1.05. The highest BCUT2D eigenvalue weighted by molar-refractivity contribution is 6.62. The van der Waals surface area contributed by atoms with E-state index in [1.54, 1.807) is 0 Å². The minimum atomic E-state index is -1.09. The maximum Gasteiger partial charge on any atom is 0.502 e. The van der Waals surface area contributed by atoms with E-state index in [-0.39, 0.29) is 11.4 Å². The Labute approximate surface area is 135 Å². The molecular weight excluding hydrogens is 303 g/mol. The fraction of sp³-hybridized carbons (Fsp3) is 0.688. The Morgan fingerprint density at radius 1 is 1.17 bits per heavy atom. The van der Waals surface area contributed by atoms with Crippen LogP contribution in [0.4, 0.5) is 8.78 Å². The molecule has 0 bridgehead atoms. The number of ether oxygens (including phenoxy) is 1. The number of hydrogen-bond donors (Lipinski definition) is 0. The summed E-state index contributed by atoms with van der Waals surface area (Å²) in [4.78, 5) is 3.95. The summed E-state index contributed by atoms with van der Waals surface area (Å²) in [6.07, 6.45) is 1.69. The van der Waals surface area contributed by atoms with Gasteiger partial charge in [-0.1, -0.05) is 0 Å². The minimum absolute atomic E-state index is 0.0694. The minimum Gasteiger partial charge on any atom is -0.399 e. The molecule has 3 rings (SSSR count). The Balaban J connectivity index is 1.90. The van der Waals surface area contributed by atoms with Crippen molar-refractivity contribution < 1.29 is 22.8 Å². The van der Waals surface area contributed by atoms with Gasteiger partial charge in [-0.25, -0.2) is 9.37 Å². The molecular formula is C16H22BF2NO3. The molecule has 0 N–H and O–H groups in total. The molecule has 2 aliphatic rings. The molecule has 2 aliphatic heterocycles. The summed E-state index contributed by atoms with van der Waals surface area (Å²) >= 11 is 0. The molecule has 1 atom stereocenters. The van der Waals surface area contributed by atoms with Gasteiger partial charge in [0.1, 0.15) is 5.82 Å². The van der Waals surface area contributed by atoms with Crippen molar-refractivity contribution in [2.24, 2.45) is 0 Å². The predicted molar refractivity (Wildman–Crippen MR) is 82.7 cm³/mol. The third-order valence-corrected chi connectivity index (χ3v) is 5.05. The van der Waals surface area contributed by atoms with E-state index in [9.17, 15) is 8.78 Å². The predicted octanol–water partition coefficient (Wildman–Crippen LogP) is 2.55. The molecule has 0 aliphatic carbocycles. The van der Waals surface area contributed by atoms with Crippen LogP contribution in [0.3, 0.4) is 0 Å². The standard InChI is InChI=1S/C16H22BF2NO3/c1-15(2)16(3,4)23-17(22-15)13-11(18)8-12(20-14(13)19)10-6-5-7-21-9-10/h8,10H,5-7,9H2,1-4H3. The molecule has 4 nitrogen and oxygen atoms in total. The second-order valence-electron chi connectivity index (χ2n) is 7.24. The first-order valence-electron chi connectivity index (χ1n) is 8.00. The molecule has 2 saturated heterocycles. The number of aromatic nitrogens is 1. The fourth-order valence-electron chi connectivity index (χ4n) is 2.87. The molecule has 0 amide bonds. The summed E-state index contributed by atoms with van der Waals surface area (Å²) in [5, 5.41) is 0. The van der Waals surface area contributed by atoms with E-state index in [1.165, 1.54) is 6.07 Å². The lowest BCUT2D eigenvalue weighted by atomic mass is 9.79. The third kappa shape index (κ3) is 3.02. The van der Waals surface area contributed by atoms with Gasteiger partial charge in [0, 0.05) is 12.5 Å². The van der Waals surface area contributed by atoms with Gasteiger partial charge >= 0.3 is 7.12 Å². The zero-order chi connectivity index (χ0) is 16.8. The van der Waals surface area contributed by atoms with Crippen LogP contribution in [0.2, 0.25) is 0 Å². The molecule has 1 unspecified atom stereocenters. The first kappa shape index (κ1) is 16.8. The first-order valence-corrected chi connectivity index (χ1v) is 8.00. The van der Waals surface area contributed by atoms with Crippen LogP contribution >= 0.6 is 0 Å². The summed E-state index contributed by atoms with van der Waals surface area (Å²) in [6.45, 7) is 8.48. The third-order valence-electron chi connectivity index (χ3n) is 5.05. The Morgan fingerprint density at radius 2 is 1.83 bits per heavy atom. The van der Waals surface area contributed by atoms with Crippen molar-refractivity contribution in [1.82, 2.24) is 4.98 Å². The Kier molecular flexibility index (Phi) is 4.23. The van der Waals surface area contributed by atoms with Gasteiger partial charge in [-0.2, -0.15) is 4.39 Å².